The summed E-state index contributed by atoms with van der Waals surface area (Å²) in [5.41, 5.74) is 0. The standard InChI is InChI=1S/C20H38O2/c1-4-7-8-9-10-11-12-13-14-15-16-17-20(21-18-5-2)22-19-6-3/h4,7-8,20H,1,5-6,9-19H2,2-3H3/b8-7+. The molecule has 0 aromatic rings. The molecule has 0 aliphatic rings. The SMILES string of the molecule is C=C/C=C/CCCCCCCCCC(OCCC)OCCC. The highest BCUT2D eigenvalue weighted by Crippen LogP contribution is 2.13. The lowest BCUT2D eigenvalue weighted by molar-refractivity contribution is -0.146. The van der Waals surface area contributed by atoms with E-state index < -0.39 is 0 Å². The first-order valence-electron chi connectivity index (χ1n) is 9.35. The molecular formula is C20H38O2. The van der Waals surface area contributed by atoms with Crippen LogP contribution in [0.4, 0.5) is 0 Å². The van der Waals surface area contributed by atoms with E-state index in [0.717, 1.165) is 32.5 Å². The number of allylic oxidation sites excluding steroid dienone is 3. The first-order valence-corrected chi connectivity index (χ1v) is 9.35. The molecular weight excluding hydrogens is 272 g/mol. The monoisotopic (exact) mass is 310 g/mol. The fourth-order valence-electron chi connectivity index (χ4n) is 2.36. The van der Waals surface area contributed by atoms with Gasteiger partial charge in [-0.15, -0.1) is 0 Å². The third-order valence-electron chi connectivity index (χ3n) is 3.60. The summed E-state index contributed by atoms with van der Waals surface area (Å²) in [4.78, 5) is 0. The van der Waals surface area contributed by atoms with Crippen LogP contribution in [-0.4, -0.2) is 19.5 Å². The first-order chi connectivity index (χ1) is 10.8. The predicted octanol–water partition coefficient (Wildman–Crippen LogP) is 6.42. The molecule has 0 rings (SSSR count). The third-order valence-corrected chi connectivity index (χ3v) is 3.60. The van der Waals surface area contributed by atoms with Gasteiger partial charge in [0.25, 0.3) is 0 Å². The topological polar surface area (TPSA) is 18.5 Å². The number of rotatable bonds is 17. The summed E-state index contributed by atoms with van der Waals surface area (Å²) in [7, 11) is 0. The van der Waals surface area contributed by atoms with Crippen LogP contribution in [0.2, 0.25) is 0 Å². The van der Waals surface area contributed by atoms with Gasteiger partial charge in [-0.3, -0.25) is 0 Å². The second-order valence-corrected chi connectivity index (χ2v) is 5.89. The third kappa shape index (κ3) is 15.8. The first kappa shape index (κ1) is 21.4. The highest BCUT2D eigenvalue weighted by molar-refractivity contribution is 4.96. The van der Waals surface area contributed by atoms with Crippen molar-refractivity contribution >= 4 is 0 Å². The Hall–Kier alpha value is -0.600. The molecule has 0 spiro atoms. The zero-order chi connectivity index (χ0) is 16.3. The Morgan fingerprint density at radius 3 is 1.91 bits per heavy atom. The van der Waals surface area contributed by atoms with Crippen LogP contribution in [0.25, 0.3) is 0 Å². The number of unbranched alkanes of at least 4 members (excludes halogenated alkanes) is 7. The molecule has 0 saturated carbocycles. The Morgan fingerprint density at radius 2 is 1.36 bits per heavy atom. The maximum absolute atomic E-state index is 5.75. The molecule has 0 aromatic heterocycles. The van der Waals surface area contributed by atoms with E-state index in [4.69, 9.17) is 9.47 Å². The summed E-state index contributed by atoms with van der Waals surface area (Å²) in [5.74, 6) is 0. The van der Waals surface area contributed by atoms with Crippen LogP contribution in [0.5, 0.6) is 0 Å². The zero-order valence-corrected chi connectivity index (χ0v) is 15.0. The Labute approximate surface area is 139 Å². The Morgan fingerprint density at radius 1 is 0.818 bits per heavy atom. The van der Waals surface area contributed by atoms with E-state index in [1.807, 2.05) is 12.2 Å². The lowest BCUT2D eigenvalue weighted by atomic mass is 10.1. The summed E-state index contributed by atoms with van der Waals surface area (Å²) in [6.45, 7) is 9.59. The lowest BCUT2D eigenvalue weighted by Gasteiger charge is -2.18. The van der Waals surface area contributed by atoms with Gasteiger partial charge in [-0.25, -0.2) is 0 Å². The summed E-state index contributed by atoms with van der Waals surface area (Å²) in [6, 6.07) is 0. The largest absolute Gasteiger partial charge is 0.353 e. The van der Waals surface area contributed by atoms with Crippen LogP contribution in [0.3, 0.4) is 0 Å². The molecule has 0 amide bonds. The zero-order valence-electron chi connectivity index (χ0n) is 15.0. The maximum atomic E-state index is 5.75. The van der Waals surface area contributed by atoms with Gasteiger partial charge in [0, 0.05) is 13.2 Å². The predicted molar refractivity (Wildman–Crippen MR) is 97.2 cm³/mol. The molecule has 0 fully saturated rings. The molecule has 0 aliphatic carbocycles. The number of hydrogen-bond acceptors (Lipinski definition) is 2. The minimum atomic E-state index is 0.0246. The number of hydrogen-bond donors (Lipinski definition) is 0. The molecule has 22 heavy (non-hydrogen) atoms. The molecule has 130 valence electrons. The Balaban J connectivity index is 3.40. The van der Waals surface area contributed by atoms with Gasteiger partial charge in [-0.1, -0.05) is 70.8 Å². The van der Waals surface area contributed by atoms with Gasteiger partial charge in [-0.2, -0.15) is 0 Å². The van der Waals surface area contributed by atoms with E-state index in [0.29, 0.717) is 0 Å². The van der Waals surface area contributed by atoms with Gasteiger partial charge in [-0.05, 0) is 38.5 Å². The van der Waals surface area contributed by atoms with E-state index in [1.165, 1.54) is 51.4 Å². The van der Waals surface area contributed by atoms with Crippen LogP contribution >= 0.6 is 0 Å². The van der Waals surface area contributed by atoms with Crippen molar-refractivity contribution in [2.75, 3.05) is 13.2 Å². The van der Waals surface area contributed by atoms with Crippen molar-refractivity contribution in [1.82, 2.24) is 0 Å². The second-order valence-electron chi connectivity index (χ2n) is 5.89. The average Bonchev–Trinajstić information content (AvgIpc) is 2.54. The van der Waals surface area contributed by atoms with Gasteiger partial charge in [0.05, 0.1) is 0 Å². The van der Waals surface area contributed by atoms with Gasteiger partial charge >= 0.3 is 0 Å². The summed E-state index contributed by atoms with van der Waals surface area (Å²) < 4.78 is 11.5. The highest BCUT2D eigenvalue weighted by atomic mass is 16.7. The average molecular weight is 311 g/mol. The van der Waals surface area contributed by atoms with E-state index in [2.05, 4.69) is 26.5 Å². The second kappa shape index (κ2) is 18.4. The van der Waals surface area contributed by atoms with Crippen LogP contribution in [-0.2, 0) is 9.47 Å². The maximum Gasteiger partial charge on any atom is 0.157 e. The molecule has 0 N–H and O–H groups in total. The van der Waals surface area contributed by atoms with Crippen LogP contribution in [0.1, 0.15) is 84.5 Å². The Bertz CT molecular complexity index is 240. The smallest absolute Gasteiger partial charge is 0.157 e. The molecule has 0 bridgehead atoms. The molecule has 0 atom stereocenters. The van der Waals surface area contributed by atoms with Crippen LogP contribution in [0, 0.1) is 0 Å². The van der Waals surface area contributed by atoms with E-state index >= 15 is 0 Å². The van der Waals surface area contributed by atoms with E-state index in [9.17, 15) is 0 Å². The van der Waals surface area contributed by atoms with Crippen LogP contribution < -0.4 is 0 Å². The van der Waals surface area contributed by atoms with Crippen molar-refractivity contribution in [1.29, 1.82) is 0 Å². The van der Waals surface area contributed by atoms with Crippen molar-refractivity contribution < 1.29 is 9.47 Å². The van der Waals surface area contributed by atoms with Crippen molar-refractivity contribution in [3.05, 3.63) is 24.8 Å². The molecule has 2 heteroatoms. The molecule has 0 radical (unpaired) electrons. The summed E-state index contributed by atoms with van der Waals surface area (Å²) in [5, 5.41) is 0. The van der Waals surface area contributed by atoms with Gasteiger partial charge < -0.3 is 9.47 Å². The van der Waals surface area contributed by atoms with E-state index in [1.54, 1.807) is 0 Å². The molecule has 2 nitrogen and oxygen atoms in total. The van der Waals surface area contributed by atoms with Gasteiger partial charge in [0.1, 0.15) is 0 Å². The van der Waals surface area contributed by atoms with Crippen molar-refractivity contribution in [3.8, 4) is 0 Å². The fourth-order valence-corrected chi connectivity index (χ4v) is 2.36. The van der Waals surface area contributed by atoms with Gasteiger partial charge in [0.15, 0.2) is 6.29 Å². The Kier molecular flexibility index (Phi) is 17.9. The van der Waals surface area contributed by atoms with E-state index in [-0.39, 0.29) is 6.29 Å². The molecule has 0 aromatic carbocycles. The lowest BCUT2D eigenvalue weighted by Crippen LogP contribution is -2.18. The molecule has 0 heterocycles. The molecule has 0 saturated heterocycles. The minimum absolute atomic E-state index is 0.0246. The van der Waals surface area contributed by atoms with Crippen molar-refractivity contribution in [3.63, 3.8) is 0 Å². The summed E-state index contributed by atoms with van der Waals surface area (Å²) >= 11 is 0. The van der Waals surface area contributed by atoms with Crippen molar-refractivity contribution in [2.24, 2.45) is 0 Å². The highest BCUT2D eigenvalue weighted by Gasteiger charge is 2.08. The molecule has 0 unspecified atom stereocenters. The number of ether oxygens (including phenoxy) is 2. The summed E-state index contributed by atoms with van der Waals surface area (Å²) in [6.07, 6.45) is 19.7. The quantitative estimate of drug-likeness (QED) is 0.175. The molecule has 0 aliphatic heterocycles. The van der Waals surface area contributed by atoms with Crippen LogP contribution in [0.15, 0.2) is 24.8 Å². The fraction of sp³-hybridized carbons (Fsp3) is 0.800. The minimum Gasteiger partial charge on any atom is -0.353 e. The normalized spacial score (nSPS) is 11.6. The van der Waals surface area contributed by atoms with Gasteiger partial charge in [0.2, 0.25) is 0 Å². The van der Waals surface area contributed by atoms with Crippen molar-refractivity contribution in [2.45, 2.75) is 90.8 Å².